The fourth-order valence-corrected chi connectivity index (χ4v) is 1.65. The molecule has 0 saturated carbocycles. The van der Waals surface area contributed by atoms with Crippen LogP contribution < -0.4 is 0 Å². The molecular weight excluding hydrogens is 255 g/mol. The van der Waals surface area contributed by atoms with Crippen molar-refractivity contribution in [2.75, 3.05) is 0 Å². The van der Waals surface area contributed by atoms with Gasteiger partial charge in [-0.15, -0.1) is 0 Å². The third-order valence-electron chi connectivity index (χ3n) is 2.22. The first-order valence-electron chi connectivity index (χ1n) is 4.35. The monoisotopic (exact) mass is 264 g/mol. The first-order valence-corrected chi connectivity index (χ1v) is 5.11. The van der Waals surface area contributed by atoms with Gasteiger partial charge >= 0.3 is 5.97 Å². The number of hydrogen-bond acceptors (Lipinski definition) is 3. The van der Waals surface area contributed by atoms with Crippen molar-refractivity contribution in [2.45, 2.75) is 18.6 Å². The van der Waals surface area contributed by atoms with Crippen molar-refractivity contribution in [3.8, 4) is 0 Å². The molecule has 1 aromatic carbocycles. The van der Waals surface area contributed by atoms with Crippen LogP contribution in [0.5, 0.6) is 0 Å². The first kappa shape index (κ1) is 13.3. The molecule has 2 atom stereocenters. The van der Waals surface area contributed by atoms with E-state index in [0.29, 0.717) is 5.02 Å². The number of hydrogen-bond donors (Lipinski definition) is 3. The SMILES string of the molecule is C[C@@](O)(C(=O)O)[C@H](O)c1ccc(Cl)cc1Cl. The molecule has 1 rings (SSSR count). The molecule has 0 amide bonds. The van der Waals surface area contributed by atoms with Crippen molar-refractivity contribution < 1.29 is 20.1 Å². The van der Waals surface area contributed by atoms with Crippen LogP contribution in [0.3, 0.4) is 0 Å². The van der Waals surface area contributed by atoms with Gasteiger partial charge in [-0.1, -0.05) is 29.3 Å². The Bertz CT molecular complexity index is 417. The van der Waals surface area contributed by atoms with Crippen molar-refractivity contribution in [3.63, 3.8) is 0 Å². The lowest BCUT2D eigenvalue weighted by Gasteiger charge is -2.25. The Morgan fingerprint density at radius 3 is 2.44 bits per heavy atom. The zero-order chi connectivity index (χ0) is 12.5. The van der Waals surface area contributed by atoms with E-state index in [0.717, 1.165) is 6.92 Å². The predicted molar refractivity (Wildman–Crippen MR) is 59.7 cm³/mol. The average Bonchev–Trinajstić information content (AvgIpc) is 2.16. The first-order chi connectivity index (χ1) is 7.26. The summed E-state index contributed by atoms with van der Waals surface area (Å²) >= 11 is 11.4. The van der Waals surface area contributed by atoms with Gasteiger partial charge in [0.25, 0.3) is 0 Å². The Kier molecular flexibility index (Phi) is 3.80. The Balaban J connectivity index is 3.14. The third kappa shape index (κ3) is 2.47. The van der Waals surface area contributed by atoms with Gasteiger partial charge in [0.2, 0.25) is 0 Å². The van der Waals surface area contributed by atoms with Crippen LogP contribution in [-0.4, -0.2) is 26.9 Å². The number of carboxylic acids is 1. The molecule has 0 radical (unpaired) electrons. The molecule has 0 bridgehead atoms. The molecule has 0 heterocycles. The number of carboxylic acid groups (broad SMARTS) is 1. The average molecular weight is 265 g/mol. The molecule has 1 aromatic rings. The topological polar surface area (TPSA) is 77.8 Å². The highest BCUT2D eigenvalue weighted by Crippen LogP contribution is 2.32. The summed E-state index contributed by atoms with van der Waals surface area (Å²) in [7, 11) is 0. The molecule has 88 valence electrons. The largest absolute Gasteiger partial charge is 0.479 e. The zero-order valence-electron chi connectivity index (χ0n) is 8.32. The summed E-state index contributed by atoms with van der Waals surface area (Å²) in [5, 5.41) is 28.5. The van der Waals surface area contributed by atoms with Crippen molar-refractivity contribution >= 4 is 29.2 Å². The number of benzene rings is 1. The predicted octanol–water partition coefficient (Wildman–Crippen LogP) is 1.86. The van der Waals surface area contributed by atoms with Crippen molar-refractivity contribution in [3.05, 3.63) is 33.8 Å². The number of aliphatic hydroxyl groups excluding tert-OH is 1. The lowest BCUT2D eigenvalue weighted by Crippen LogP contribution is -2.41. The summed E-state index contributed by atoms with van der Waals surface area (Å²) in [4.78, 5) is 10.7. The van der Waals surface area contributed by atoms with Crippen LogP contribution in [0.1, 0.15) is 18.6 Å². The van der Waals surface area contributed by atoms with E-state index in [1.807, 2.05) is 0 Å². The molecule has 0 aromatic heterocycles. The van der Waals surface area contributed by atoms with E-state index in [9.17, 15) is 15.0 Å². The maximum atomic E-state index is 10.7. The van der Waals surface area contributed by atoms with E-state index >= 15 is 0 Å². The second-order valence-electron chi connectivity index (χ2n) is 3.52. The van der Waals surface area contributed by atoms with Crippen LogP contribution >= 0.6 is 23.2 Å². The molecule has 0 aliphatic heterocycles. The smallest absolute Gasteiger partial charge is 0.338 e. The van der Waals surface area contributed by atoms with Gasteiger partial charge in [-0.3, -0.25) is 0 Å². The molecule has 0 saturated heterocycles. The number of halogens is 2. The van der Waals surface area contributed by atoms with Crippen molar-refractivity contribution in [2.24, 2.45) is 0 Å². The summed E-state index contributed by atoms with van der Waals surface area (Å²) < 4.78 is 0. The lowest BCUT2D eigenvalue weighted by atomic mass is 9.93. The van der Waals surface area contributed by atoms with Gasteiger partial charge in [0, 0.05) is 15.6 Å². The van der Waals surface area contributed by atoms with Crippen LogP contribution in [-0.2, 0) is 4.79 Å². The normalized spacial score (nSPS) is 16.6. The Morgan fingerprint density at radius 2 is 2.00 bits per heavy atom. The fourth-order valence-electron chi connectivity index (χ4n) is 1.14. The van der Waals surface area contributed by atoms with Gasteiger partial charge < -0.3 is 15.3 Å². The summed E-state index contributed by atoms with van der Waals surface area (Å²) in [6.07, 6.45) is -1.63. The quantitative estimate of drug-likeness (QED) is 0.779. The van der Waals surface area contributed by atoms with E-state index in [1.54, 1.807) is 0 Å². The number of carbonyl (C=O) groups is 1. The summed E-state index contributed by atoms with van der Waals surface area (Å²) in [5.74, 6) is -1.54. The van der Waals surface area contributed by atoms with Crippen molar-refractivity contribution in [1.82, 2.24) is 0 Å². The maximum Gasteiger partial charge on any atom is 0.338 e. The van der Waals surface area contributed by atoms with E-state index < -0.39 is 17.7 Å². The van der Waals surface area contributed by atoms with Crippen molar-refractivity contribution in [1.29, 1.82) is 0 Å². The van der Waals surface area contributed by atoms with Gasteiger partial charge in [-0.05, 0) is 19.1 Å². The van der Waals surface area contributed by atoms with Gasteiger partial charge in [0.05, 0.1) is 0 Å². The minimum Gasteiger partial charge on any atom is -0.479 e. The van der Waals surface area contributed by atoms with Crippen LogP contribution in [0, 0.1) is 0 Å². The molecule has 0 unspecified atom stereocenters. The molecule has 0 aliphatic carbocycles. The molecule has 3 N–H and O–H groups in total. The molecule has 16 heavy (non-hydrogen) atoms. The van der Waals surface area contributed by atoms with Gasteiger partial charge in [-0.2, -0.15) is 0 Å². The molecule has 0 fully saturated rings. The molecular formula is C10H10Cl2O4. The Morgan fingerprint density at radius 1 is 1.44 bits per heavy atom. The van der Waals surface area contributed by atoms with Gasteiger partial charge in [0.15, 0.2) is 5.60 Å². The number of aliphatic hydroxyl groups is 2. The second-order valence-corrected chi connectivity index (χ2v) is 4.36. The summed E-state index contributed by atoms with van der Waals surface area (Å²) in [5.41, 5.74) is -2.20. The van der Waals surface area contributed by atoms with Crippen LogP contribution in [0.25, 0.3) is 0 Å². The molecule has 0 spiro atoms. The minimum atomic E-state index is -2.31. The van der Waals surface area contributed by atoms with Crippen LogP contribution in [0.4, 0.5) is 0 Å². The van der Waals surface area contributed by atoms with Crippen LogP contribution in [0.2, 0.25) is 10.0 Å². The van der Waals surface area contributed by atoms with Gasteiger partial charge in [-0.25, -0.2) is 4.79 Å². The lowest BCUT2D eigenvalue weighted by molar-refractivity contribution is -0.169. The second kappa shape index (κ2) is 4.59. The standard InChI is InChI=1S/C10H10Cl2O4/c1-10(16,9(14)15)8(13)6-3-2-5(11)4-7(6)12/h2-4,8,13,16H,1H3,(H,14,15)/t8-,10+/m1/s1. The Hall–Kier alpha value is -0.810. The highest BCUT2D eigenvalue weighted by molar-refractivity contribution is 6.35. The fraction of sp³-hybridized carbons (Fsp3) is 0.300. The van der Waals surface area contributed by atoms with E-state index in [-0.39, 0.29) is 10.6 Å². The summed E-state index contributed by atoms with van der Waals surface area (Å²) in [6.45, 7) is 0.991. The number of rotatable bonds is 3. The highest BCUT2D eigenvalue weighted by atomic mass is 35.5. The highest BCUT2D eigenvalue weighted by Gasteiger charge is 2.40. The zero-order valence-corrected chi connectivity index (χ0v) is 9.83. The minimum absolute atomic E-state index is 0.0986. The van der Waals surface area contributed by atoms with E-state index in [2.05, 4.69) is 0 Å². The maximum absolute atomic E-state index is 10.7. The summed E-state index contributed by atoms with van der Waals surface area (Å²) in [6, 6.07) is 4.18. The number of aliphatic carboxylic acids is 1. The molecule has 0 aliphatic rings. The third-order valence-corrected chi connectivity index (χ3v) is 2.78. The van der Waals surface area contributed by atoms with E-state index in [1.165, 1.54) is 18.2 Å². The molecule has 4 nitrogen and oxygen atoms in total. The van der Waals surface area contributed by atoms with Gasteiger partial charge in [0.1, 0.15) is 6.10 Å². The molecule has 6 heteroatoms. The van der Waals surface area contributed by atoms with Crippen LogP contribution in [0.15, 0.2) is 18.2 Å². The Labute approximate surface area is 102 Å². The van der Waals surface area contributed by atoms with E-state index in [4.69, 9.17) is 28.3 Å².